The van der Waals surface area contributed by atoms with Crippen molar-refractivity contribution in [1.82, 2.24) is 0 Å². The highest BCUT2D eigenvalue weighted by Crippen LogP contribution is 2.32. The van der Waals surface area contributed by atoms with Crippen LogP contribution < -0.4 is 11.1 Å². The van der Waals surface area contributed by atoms with Crippen LogP contribution in [0.25, 0.3) is 0 Å². The van der Waals surface area contributed by atoms with Gasteiger partial charge in [-0.25, -0.2) is 0 Å². The van der Waals surface area contributed by atoms with Crippen LogP contribution in [-0.4, -0.2) is 5.91 Å². The van der Waals surface area contributed by atoms with Crippen LogP contribution in [0.15, 0.2) is 35.7 Å². The van der Waals surface area contributed by atoms with Crippen LogP contribution in [0.5, 0.6) is 0 Å². The molecule has 2 aromatic rings. The van der Waals surface area contributed by atoms with E-state index in [1.165, 1.54) is 17.4 Å². The van der Waals surface area contributed by atoms with Gasteiger partial charge in [-0.15, -0.1) is 11.3 Å². The van der Waals surface area contributed by atoms with Gasteiger partial charge in [0.25, 0.3) is 0 Å². The van der Waals surface area contributed by atoms with Gasteiger partial charge < -0.3 is 11.1 Å². The minimum absolute atomic E-state index is 0.113. The SMILES string of the molecule is Cc1ccc(C(F)(F)F)cc1NC(=O)C(N)c1cccs1. The predicted octanol–water partition coefficient (Wildman–Crippen LogP) is 3.71. The Balaban J connectivity index is 2.21. The lowest BCUT2D eigenvalue weighted by atomic mass is 10.1. The summed E-state index contributed by atoms with van der Waals surface area (Å²) < 4.78 is 38.0. The van der Waals surface area contributed by atoms with Crippen molar-refractivity contribution in [2.24, 2.45) is 5.73 Å². The highest BCUT2D eigenvalue weighted by Gasteiger charge is 2.31. The molecular formula is C14H13F3N2OS. The Kier molecular flexibility index (Phi) is 4.34. The molecule has 1 unspecified atom stereocenters. The third-order valence-corrected chi connectivity index (χ3v) is 3.91. The van der Waals surface area contributed by atoms with Crippen molar-refractivity contribution < 1.29 is 18.0 Å². The van der Waals surface area contributed by atoms with Crippen molar-refractivity contribution >= 4 is 22.9 Å². The normalized spacial score (nSPS) is 13.0. The fourth-order valence-corrected chi connectivity index (χ4v) is 2.47. The maximum absolute atomic E-state index is 12.7. The standard InChI is InChI=1S/C14H13F3N2OS/c1-8-4-5-9(14(15,16)17)7-10(8)19-13(20)12(18)11-3-2-6-21-11/h2-7,12H,18H2,1H3,(H,19,20). The van der Waals surface area contributed by atoms with E-state index in [4.69, 9.17) is 5.73 Å². The molecule has 1 atom stereocenters. The smallest absolute Gasteiger partial charge is 0.324 e. The summed E-state index contributed by atoms with van der Waals surface area (Å²) in [4.78, 5) is 12.7. The van der Waals surface area contributed by atoms with Gasteiger partial charge in [0, 0.05) is 10.6 Å². The lowest BCUT2D eigenvalue weighted by Gasteiger charge is -2.15. The maximum atomic E-state index is 12.7. The highest BCUT2D eigenvalue weighted by atomic mass is 32.1. The van der Waals surface area contributed by atoms with Crippen molar-refractivity contribution in [2.45, 2.75) is 19.1 Å². The van der Waals surface area contributed by atoms with Gasteiger partial charge in [-0.1, -0.05) is 12.1 Å². The molecule has 1 aromatic carbocycles. The lowest BCUT2D eigenvalue weighted by Crippen LogP contribution is -2.27. The van der Waals surface area contributed by atoms with Gasteiger partial charge in [0.15, 0.2) is 0 Å². The van der Waals surface area contributed by atoms with Gasteiger partial charge in [0.05, 0.1) is 5.56 Å². The monoisotopic (exact) mass is 314 g/mol. The van der Waals surface area contributed by atoms with Crippen molar-refractivity contribution in [3.05, 3.63) is 51.7 Å². The Bertz CT molecular complexity index is 638. The summed E-state index contributed by atoms with van der Waals surface area (Å²) in [6.45, 7) is 1.62. The molecule has 21 heavy (non-hydrogen) atoms. The van der Waals surface area contributed by atoms with E-state index in [1.807, 2.05) is 0 Å². The van der Waals surface area contributed by atoms with E-state index in [0.29, 0.717) is 10.4 Å². The number of halogens is 3. The van der Waals surface area contributed by atoms with Crippen LogP contribution >= 0.6 is 11.3 Å². The number of nitrogens with two attached hydrogens (primary N) is 1. The zero-order valence-corrected chi connectivity index (χ0v) is 11.9. The molecule has 112 valence electrons. The zero-order chi connectivity index (χ0) is 15.6. The summed E-state index contributed by atoms with van der Waals surface area (Å²) in [5.41, 5.74) is 5.62. The van der Waals surface area contributed by atoms with E-state index in [2.05, 4.69) is 5.32 Å². The van der Waals surface area contributed by atoms with Crippen molar-refractivity contribution in [2.75, 3.05) is 5.32 Å². The molecule has 3 nitrogen and oxygen atoms in total. The van der Waals surface area contributed by atoms with Crippen molar-refractivity contribution in [3.63, 3.8) is 0 Å². The summed E-state index contributed by atoms with van der Waals surface area (Å²) in [5.74, 6) is -0.542. The van der Waals surface area contributed by atoms with Gasteiger partial charge >= 0.3 is 6.18 Å². The highest BCUT2D eigenvalue weighted by molar-refractivity contribution is 7.10. The second-order valence-corrected chi connectivity index (χ2v) is 5.49. The molecule has 0 radical (unpaired) electrons. The van der Waals surface area contributed by atoms with Crippen LogP contribution in [-0.2, 0) is 11.0 Å². The Morgan fingerprint density at radius 2 is 2.05 bits per heavy atom. The predicted molar refractivity (Wildman–Crippen MR) is 76.1 cm³/mol. The van der Waals surface area contributed by atoms with Crippen LogP contribution in [0.3, 0.4) is 0 Å². The number of aryl methyl sites for hydroxylation is 1. The molecule has 1 aromatic heterocycles. The number of benzene rings is 1. The fraction of sp³-hybridized carbons (Fsp3) is 0.214. The molecule has 0 saturated heterocycles. The quantitative estimate of drug-likeness (QED) is 0.907. The van der Waals surface area contributed by atoms with Crippen molar-refractivity contribution in [1.29, 1.82) is 0 Å². The number of alkyl halides is 3. The molecule has 1 heterocycles. The van der Waals surface area contributed by atoms with Gasteiger partial charge in [0.2, 0.25) is 5.91 Å². The van der Waals surface area contributed by atoms with Crippen LogP contribution in [0.1, 0.15) is 22.0 Å². The average Bonchev–Trinajstić information content (AvgIpc) is 2.92. The summed E-state index contributed by atoms with van der Waals surface area (Å²) >= 11 is 1.32. The Labute approximate surface area is 123 Å². The van der Waals surface area contributed by atoms with E-state index in [0.717, 1.165) is 12.1 Å². The zero-order valence-electron chi connectivity index (χ0n) is 11.1. The second kappa shape index (κ2) is 5.87. The maximum Gasteiger partial charge on any atom is 0.416 e. The van der Waals surface area contributed by atoms with Gasteiger partial charge in [-0.05, 0) is 36.1 Å². The molecule has 2 rings (SSSR count). The van der Waals surface area contributed by atoms with E-state index < -0.39 is 23.7 Å². The molecule has 0 bridgehead atoms. The summed E-state index contributed by atoms with van der Waals surface area (Å²) in [7, 11) is 0. The number of rotatable bonds is 3. The second-order valence-electron chi connectivity index (χ2n) is 4.51. The van der Waals surface area contributed by atoms with Crippen LogP contribution in [0.2, 0.25) is 0 Å². The van der Waals surface area contributed by atoms with Crippen LogP contribution in [0, 0.1) is 6.92 Å². The van der Waals surface area contributed by atoms with E-state index >= 15 is 0 Å². The first-order valence-electron chi connectivity index (χ1n) is 6.06. The average molecular weight is 314 g/mol. The Hall–Kier alpha value is -1.86. The number of carbonyl (C=O) groups is 1. The molecule has 7 heteroatoms. The minimum Gasteiger partial charge on any atom is -0.324 e. The third kappa shape index (κ3) is 3.62. The number of thiophene rings is 1. The molecule has 0 aliphatic heterocycles. The largest absolute Gasteiger partial charge is 0.416 e. The molecule has 1 amide bonds. The minimum atomic E-state index is -4.46. The molecule has 0 saturated carbocycles. The van der Waals surface area contributed by atoms with Crippen molar-refractivity contribution in [3.8, 4) is 0 Å². The van der Waals surface area contributed by atoms with Gasteiger partial charge in [-0.3, -0.25) is 4.79 Å². The molecule has 0 spiro atoms. The first kappa shape index (κ1) is 15.5. The number of carbonyl (C=O) groups excluding carboxylic acids is 1. The molecule has 0 aliphatic carbocycles. The number of nitrogens with one attached hydrogen (secondary N) is 1. The first-order valence-corrected chi connectivity index (χ1v) is 6.94. The molecule has 3 N–H and O–H groups in total. The number of anilines is 1. The van der Waals surface area contributed by atoms with Crippen LogP contribution in [0.4, 0.5) is 18.9 Å². The Morgan fingerprint density at radius 1 is 1.33 bits per heavy atom. The summed E-state index contributed by atoms with van der Waals surface area (Å²) in [5, 5.41) is 4.23. The number of hydrogen-bond acceptors (Lipinski definition) is 3. The van der Waals surface area contributed by atoms with Gasteiger partial charge in [0.1, 0.15) is 6.04 Å². The molecule has 0 fully saturated rings. The van der Waals surface area contributed by atoms with Gasteiger partial charge in [-0.2, -0.15) is 13.2 Å². The first-order chi connectivity index (χ1) is 9.79. The fourth-order valence-electron chi connectivity index (χ4n) is 1.74. The molecular weight excluding hydrogens is 301 g/mol. The Morgan fingerprint density at radius 3 is 2.62 bits per heavy atom. The topological polar surface area (TPSA) is 55.1 Å². The van der Waals surface area contributed by atoms with E-state index in [-0.39, 0.29) is 5.69 Å². The van der Waals surface area contributed by atoms with E-state index in [9.17, 15) is 18.0 Å². The van der Waals surface area contributed by atoms with E-state index in [1.54, 1.807) is 24.4 Å². The summed E-state index contributed by atoms with van der Waals surface area (Å²) in [6.07, 6.45) is -4.46. The number of hydrogen-bond donors (Lipinski definition) is 2. The third-order valence-electron chi connectivity index (χ3n) is 2.95. The summed E-state index contributed by atoms with van der Waals surface area (Å²) in [6, 6.07) is 5.75. The lowest BCUT2D eigenvalue weighted by molar-refractivity contribution is -0.137. The number of amides is 1. The molecule has 0 aliphatic rings.